The van der Waals surface area contributed by atoms with Gasteiger partial charge in [0.1, 0.15) is 5.82 Å². The van der Waals surface area contributed by atoms with Crippen LogP contribution in [-0.2, 0) is 13.1 Å². The lowest BCUT2D eigenvalue weighted by atomic mass is 10.1. The van der Waals surface area contributed by atoms with Crippen molar-refractivity contribution in [3.63, 3.8) is 0 Å². The first-order valence-corrected chi connectivity index (χ1v) is 8.62. The third-order valence-electron chi connectivity index (χ3n) is 4.94. The molecule has 0 spiro atoms. The number of benzene rings is 1. The van der Waals surface area contributed by atoms with Gasteiger partial charge in [0, 0.05) is 57.3 Å². The summed E-state index contributed by atoms with van der Waals surface area (Å²) >= 11 is 0. The SMILES string of the molecule is c1ccc(CN2CC[C@@H](NC[C@H]3CNc4ccnn4C3)C2)cc1. The molecule has 0 aliphatic carbocycles. The van der Waals surface area contributed by atoms with Gasteiger partial charge in [-0.05, 0) is 12.0 Å². The average molecular weight is 311 g/mol. The van der Waals surface area contributed by atoms with E-state index >= 15 is 0 Å². The monoisotopic (exact) mass is 311 g/mol. The fourth-order valence-corrected chi connectivity index (χ4v) is 3.64. The van der Waals surface area contributed by atoms with E-state index < -0.39 is 0 Å². The fourth-order valence-electron chi connectivity index (χ4n) is 3.64. The molecule has 23 heavy (non-hydrogen) atoms. The maximum absolute atomic E-state index is 4.36. The Bertz CT molecular complexity index is 623. The van der Waals surface area contributed by atoms with Crippen molar-refractivity contribution in [3.8, 4) is 0 Å². The smallest absolute Gasteiger partial charge is 0.124 e. The molecule has 0 unspecified atom stereocenters. The summed E-state index contributed by atoms with van der Waals surface area (Å²) in [5.74, 6) is 1.77. The van der Waals surface area contributed by atoms with Gasteiger partial charge in [-0.2, -0.15) is 5.10 Å². The Hall–Kier alpha value is -1.85. The maximum Gasteiger partial charge on any atom is 0.124 e. The van der Waals surface area contributed by atoms with Crippen molar-refractivity contribution < 1.29 is 0 Å². The molecule has 0 bridgehead atoms. The first kappa shape index (κ1) is 14.7. The number of rotatable bonds is 5. The van der Waals surface area contributed by atoms with Gasteiger partial charge >= 0.3 is 0 Å². The lowest BCUT2D eigenvalue weighted by Crippen LogP contribution is -2.40. The van der Waals surface area contributed by atoms with Crippen LogP contribution in [0, 0.1) is 5.92 Å². The predicted molar refractivity (Wildman–Crippen MR) is 92.3 cm³/mol. The number of hydrogen-bond acceptors (Lipinski definition) is 4. The van der Waals surface area contributed by atoms with Crippen molar-refractivity contribution in [1.82, 2.24) is 20.0 Å². The molecule has 5 nitrogen and oxygen atoms in total. The third kappa shape index (κ3) is 3.57. The molecule has 0 amide bonds. The summed E-state index contributed by atoms with van der Waals surface area (Å²) in [7, 11) is 0. The van der Waals surface area contributed by atoms with Crippen LogP contribution in [0.2, 0.25) is 0 Å². The average Bonchev–Trinajstić information content (AvgIpc) is 3.22. The Morgan fingerprint density at radius 2 is 2.09 bits per heavy atom. The predicted octanol–water partition coefficient (Wildman–Crippen LogP) is 1.79. The summed E-state index contributed by atoms with van der Waals surface area (Å²) in [6, 6.07) is 13.4. The first-order chi connectivity index (χ1) is 11.4. The van der Waals surface area contributed by atoms with Crippen molar-refractivity contribution >= 4 is 5.82 Å². The molecule has 2 aromatic rings. The van der Waals surface area contributed by atoms with Crippen LogP contribution in [0.25, 0.3) is 0 Å². The highest BCUT2D eigenvalue weighted by molar-refractivity contribution is 5.35. The van der Waals surface area contributed by atoms with Gasteiger partial charge in [0.2, 0.25) is 0 Å². The van der Waals surface area contributed by atoms with Crippen LogP contribution in [0.3, 0.4) is 0 Å². The lowest BCUT2D eigenvalue weighted by Gasteiger charge is -2.26. The number of nitrogens with zero attached hydrogens (tertiary/aromatic N) is 3. The number of aromatic nitrogens is 2. The Kier molecular flexibility index (Phi) is 4.30. The van der Waals surface area contributed by atoms with E-state index in [9.17, 15) is 0 Å². The van der Waals surface area contributed by atoms with E-state index in [0.29, 0.717) is 12.0 Å². The van der Waals surface area contributed by atoms with E-state index in [1.54, 1.807) is 0 Å². The van der Waals surface area contributed by atoms with E-state index in [1.165, 1.54) is 18.5 Å². The standard InChI is InChI=1S/C18H25N5/c1-2-4-15(5-3-1)12-22-9-7-17(14-22)19-10-16-11-20-18-6-8-21-23(18)13-16/h1-6,8,16-17,19-20H,7,9-14H2/t16-,17+/m0/s1. The van der Waals surface area contributed by atoms with E-state index in [-0.39, 0.29) is 0 Å². The van der Waals surface area contributed by atoms with Gasteiger partial charge < -0.3 is 10.6 Å². The van der Waals surface area contributed by atoms with E-state index in [1.807, 2.05) is 12.3 Å². The van der Waals surface area contributed by atoms with Crippen LogP contribution < -0.4 is 10.6 Å². The second kappa shape index (κ2) is 6.72. The van der Waals surface area contributed by atoms with Crippen molar-refractivity contribution in [3.05, 3.63) is 48.2 Å². The van der Waals surface area contributed by atoms with Gasteiger partial charge in [-0.3, -0.25) is 4.90 Å². The molecule has 2 N–H and O–H groups in total. The molecule has 4 rings (SSSR count). The highest BCUT2D eigenvalue weighted by Gasteiger charge is 2.24. The molecule has 1 fully saturated rings. The number of nitrogens with one attached hydrogen (secondary N) is 2. The molecule has 1 aromatic heterocycles. The fraction of sp³-hybridized carbons (Fsp3) is 0.500. The molecule has 3 heterocycles. The van der Waals surface area contributed by atoms with Crippen LogP contribution in [0.1, 0.15) is 12.0 Å². The molecule has 0 saturated carbocycles. The molecule has 1 saturated heterocycles. The Labute approximate surface area is 137 Å². The van der Waals surface area contributed by atoms with Crippen molar-refractivity contribution in [1.29, 1.82) is 0 Å². The van der Waals surface area contributed by atoms with Crippen molar-refractivity contribution in [2.45, 2.75) is 25.6 Å². The van der Waals surface area contributed by atoms with Gasteiger partial charge in [0.05, 0.1) is 6.20 Å². The zero-order valence-corrected chi connectivity index (χ0v) is 13.5. The number of hydrogen-bond donors (Lipinski definition) is 2. The second-order valence-corrected chi connectivity index (χ2v) is 6.76. The van der Waals surface area contributed by atoms with Gasteiger partial charge in [0.15, 0.2) is 0 Å². The first-order valence-electron chi connectivity index (χ1n) is 8.62. The second-order valence-electron chi connectivity index (χ2n) is 6.76. The third-order valence-corrected chi connectivity index (χ3v) is 4.94. The lowest BCUT2D eigenvalue weighted by molar-refractivity contribution is 0.312. The summed E-state index contributed by atoms with van der Waals surface area (Å²) in [6.45, 7) is 6.54. The van der Waals surface area contributed by atoms with E-state index in [2.05, 4.69) is 55.6 Å². The molecule has 2 atom stereocenters. The van der Waals surface area contributed by atoms with Gasteiger partial charge in [0.25, 0.3) is 0 Å². The highest BCUT2D eigenvalue weighted by atomic mass is 15.3. The normalized spacial score (nSPS) is 24.3. The van der Waals surface area contributed by atoms with E-state index in [4.69, 9.17) is 0 Å². The molecule has 5 heteroatoms. The molecule has 1 aromatic carbocycles. The molecular weight excluding hydrogens is 286 g/mol. The highest BCUT2D eigenvalue weighted by Crippen LogP contribution is 2.17. The quantitative estimate of drug-likeness (QED) is 0.884. The van der Waals surface area contributed by atoms with E-state index in [0.717, 1.165) is 38.5 Å². The Morgan fingerprint density at radius 1 is 1.17 bits per heavy atom. The molecule has 2 aliphatic rings. The van der Waals surface area contributed by atoms with Crippen LogP contribution >= 0.6 is 0 Å². The van der Waals surface area contributed by atoms with Crippen LogP contribution in [0.15, 0.2) is 42.6 Å². The molecule has 122 valence electrons. The summed E-state index contributed by atoms with van der Waals surface area (Å²) in [5, 5.41) is 11.6. The summed E-state index contributed by atoms with van der Waals surface area (Å²) in [6.07, 6.45) is 3.12. The molecular formula is C18H25N5. The van der Waals surface area contributed by atoms with Crippen LogP contribution in [0.4, 0.5) is 5.82 Å². The van der Waals surface area contributed by atoms with Gasteiger partial charge in [-0.25, -0.2) is 4.68 Å². The van der Waals surface area contributed by atoms with Crippen LogP contribution in [-0.4, -0.2) is 46.9 Å². The largest absolute Gasteiger partial charge is 0.370 e. The molecule has 2 aliphatic heterocycles. The summed E-state index contributed by atoms with van der Waals surface area (Å²) in [4.78, 5) is 2.55. The number of anilines is 1. The number of fused-ring (bicyclic) bond motifs is 1. The van der Waals surface area contributed by atoms with Crippen LogP contribution in [0.5, 0.6) is 0 Å². The zero-order valence-electron chi connectivity index (χ0n) is 13.5. The maximum atomic E-state index is 4.36. The minimum atomic E-state index is 0.616. The summed E-state index contributed by atoms with van der Waals surface area (Å²) < 4.78 is 2.08. The topological polar surface area (TPSA) is 45.1 Å². The Balaban J connectivity index is 1.22. The zero-order chi connectivity index (χ0) is 15.5. The minimum Gasteiger partial charge on any atom is -0.370 e. The van der Waals surface area contributed by atoms with Crippen molar-refractivity contribution in [2.75, 3.05) is 31.5 Å². The van der Waals surface area contributed by atoms with Crippen molar-refractivity contribution in [2.24, 2.45) is 5.92 Å². The number of likely N-dealkylation sites (tertiary alicyclic amines) is 1. The van der Waals surface area contributed by atoms with Gasteiger partial charge in [-0.1, -0.05) is 30.3 Å². The minimum absolute atomic E-state index is 0.616. The van der Waals surface area contributed by atoms with Gasteiger partial charge in [-0.15, -0.1) is 0 Å². The summed E-state index contributed by atoms with van der Waals surface area (Å²) in [5.41, 5.74) is 1.41. The Morgan fingerprint density at radius 3 is 3.00 bits per heavy atom. The molecule has 0 radical (unpaired) electrons.